The summed E-state index contributed by atoms with van der Waals surface area (Å²) in [5.41, 5.74) is 1.34. The molecule has 1 aliphatic rings. The minimum Gasteiger partial charge on any atom is -0.324 e. The van der Waals surface area contributed by atoms with Crippen LogP contribution in [0.2, 0.25) is 0 Å². The standard InChI is InChI=1S/C20H22FN5O3S/c21-16-6-1-2-7-17(16)22-20(27)8-5-13-26-19-10-9-15(14-18(19)23-24-26)30(28,29)25-11-3-4-12-25/h1-2,6-7,9-10,14H,3-5,8,11-13H2,(H,22,27). The highest BCUT2D eigenvalue weighted by Gasteiger charge is 2.27. The molecule has 158 valence electrons. The van der Waals surface area contributed by atoms with Gasteiger partial charge < -0.3 is 5.32 Å². The summed E-state index contributed by atoms with van der Waals surface area (Å²) in [6.07, 6.45) is 2.42. The molecule has 0 spiro atoms. The highest BCUT2D eigenvalue weighted by atomic mass is 32.2. The van der Waals surface area contributed by atoms with Crippen LogP contribution in [0.5, 0.6) is 0 Å². The molecule has 1 amide bonds. The van der Waals surface area contributed by atoms with Gasteiger partial charge in [0.05, 0.1) is 16.1 Å². The predicted octanol–water partition coefficient (Wildman–Crippen LogP) is 2.77. The van der Waals surface area contributed by atoms with E-state index in [0.29, 0.717) is 37.1 Å². The van der Waals surface area contributed by atoms with Crippen molar-refractivity contribution >= 4 is 32.7 Å². The molecule has 8 nitrogen and oxygen atoms in total. The summed E-state index contributed by atoms with van der Waals surface area (Å²) in [4.78, 5) is 12.3. The van der Waals surface area contributed by atoms with Crippen molar-refractivity contribution in [1.29, 1.82) is 0 Å². The minimum atomic E-state index is -3.51. The number of hydrogen-bond donors (Lipinski definition) is 1. The van der Waals surface area contributed by atoms with Crippen LogP contribution >= 0.6 is 0 Å². The van der Waals surface area contributed by atoms with Gasteiger partial charge in [-0.15, -0.1) is 5.10 Å². The Morgan fingerprint density at radius 1 is 1.13 bits per heavy atom. The van der Waals surface area contributed by atoms with E-state index in [4.69, 9.17) is 0 Å². The fourth-order valence-corrected chi connectivity index (χ4v) is 5.06. The zero-order valence-electron chi connectivity index (χ0n) is 16.3. The Bertz CT molecular complexity index is 1170. The second-order valence-electron chi connectivity index (χ2n) is 7.21. The van der Waals surface area contributed by atoms with Crippen molar-refractivity contribution in [2.24, 2.45) is 0 Å². The molecule has 2 aromatic carbocycles. The first-order valence-corrected chi connectivity index (χ1v) is 11.3. The van der Waals surface area contributed by atoms with E-state index in [1.54, 1.807) is 28.9 Å². The van der Waals surface area contributed by atoms with Crippen LogP contribution in [0, 0.1) is 5.82 Å². The molecule has 3 aromatic rings. The number of amides is 1. The van der Waals surface area contributed by atoms with Crippen LogP contribution in [0.1, 0.15) is 25.7 Å². The Hall–Kier alpha value is -2.85. The zero-order valence-corrected chi connectivity index (χ0v) is 17.1. The quantitative estimate of drug-likeness (QED) is 0.620. The molecule has 1 aromatic heterocycles. The van der Waals surface area contributed by atoms with E-state index in [2.05, 4.69) is 15.6 Å². The number of nitrogens with one attached hydrogen (secondary N) is 1. The first-order valence-electron chi connectivity index (χ1n) is 9.83. The second-order valence-corrected chi connectivity index (χ2v) is 9.14. The molecule has 1 fully saturated rings. The van der Waals surface area contributed by atoms with Gasteiger partial charge >= 0.3 is 0 Å². The molecule has 1 aliphatic heterocycles. The number of aryl methyl sites for hydroxylation is 1. The maximum Gasteiger partial charge on any atom is 0.243 e. The van der Waals surface area contributed by atoms with Crippen molar-refractivity contribution in [2.75, 3.05) is 18.4 Å². The molecule has 0 aliphatic carbocycles. The molecule has 1 N–H and O–H groups in total. The van der Waals surface area contributed by atoms with Gasteiger partial charge in [-0.2, -0.15) is 4.31 Å². The maximum atomic E-state index is 13.6. The molecule has 30 heavy (non-hydrogen) atoms. The lowest BCUT2D eigenvalue weighted by atomic mass is 10.2. The average Bonchev–Trinajstić information content (AvgIpc) is 3.40. The lowest BCUT2D eigenvalue weighted by molar-refractivity contribution is -0.116. The number of nitrogens with zero attached hydrogens (tertiary/aromatic N) is 4. The third kappa shape index (κ3) is 4.19. The van der Waals surface area contributed by atoms with Crippen LogP contribution in [-0.2, 0) is 21.4 Å². The number of carbonyl (C=O) groups is 1. The molecule has 10 heteroatoms. The molecule has 2 heterocycles. The van der Waals surface area contributed by atoms with Gasteiger partial charge in [0.15, 0.2) is 0 Å². The Labute approximate surface area is 173 Å². The first kappa shape index (κ1) is 20.4. The molecule has 0 bridgehead atoms. The van der Waals surface area contributed by atoms with E-state index in [0.717, 1.165) is 12.8 Å². The van der Waals surface area contributed by atoms with Gasteiger partial charge in [0.2, 0.25) is 15.9 Å². The van der Waals surface area contributed by atoms with E-state index in [-0.39, 0.29) is 22.9 Å². The van der Waals surface area contributed by atoms with Crippen molar-refractivity contribution in [3.63, 3.8) is 0 Å². The molecule has 0 unspecified atom stereocenters. The summed E-state index contributed by atoms with van der Waals surface area (Å²) < 4.78 is 42.1. The van der Waals surface area contributed by atoms with Crippen molar-refractivity contribution < 1.29 is 17.6 Å². The first-order chi connectivity index (χ1) is 14.4. The summed E-state index contributed by atoms with van der Waals surface area (Å²) in [5, 5.41) is 10.7. The molecule has 0 saturated carbocycles. The number of sulfonamides is 1. The van der Waals surface area contributed by atoms with E-state index >= 15 is 0 Å². The maximum absolute atomic E-state index is 13.6. The number of aromatic nitrogens is 3. The molecule has 4 rings (SSSR count). The van der Waals surface area contributed by atoms with Crippen molar-refractivity contribution in [3.8, 4) is 0 Å². The van der Waals surface area contributed by atoms with Crippen LogP contribution in [-0.4, -0.2) is 46.7 Å². The fraction of sp³-hybridized carbons (Fsp3) is 0.350. The molecular formula is C20H22FN5O3S. The van der Waals surface area contributed by atoms with Gasteiger partial charge in [-0.25, -0.2) is 17.5 Å². The van der Waals surface area contributed by atoms with E-state index in [1.807, 2.05) is 0 Å². The Balaban J connectivity index is 1.39. The monoisotopic (exact) mass is 431 g/mol. The van der Waals surface area contributed by atoms with Crippen LogP contribution < -0.4 is 5.32 Å². The highest BCUT2D eigenvalue weighted by Crippen LogP contribution is 2.24. The zero-order chi connectivity index (χ0) is 21.1. The van der Waals surface area contributed by atoms with Crippen LogP contribution in [0.3, 0.4) is 0 Å². The van der Waals surface area contributed by atoms with Crippen LogP contribution in [0.25, 0.3) is 11.0 Å². The fourth-order valence-electron chi connectivity index (χ4n) is 3.52. The number of fused-ring (bicyclic) bond motifs is 1. The van der Waals surface area contributed by atoms with Crippen molar-refractivity contribution in [3.05, 3.63) is 48.3 Å². The highest BCUT2D eigenvalue weighted by molar-refractivity contribution is 7.89. The molecular weight excluding hydrogens is 409 g/mol. The van der Waals surface area contributed by atoms with Crippen LogP contribution in [0.15, 0.2) is 47.4 Å². The van der Waals surface area contributed by atoms with E-state index < -0.39 is 15.8 Å². The van der Waals surface area contributed by atoms with E-state index in [1.165, 1.54) is 22.5 Å². The van der Waals surface area contributed by atoms with Gasteiger partial charge in [0.25, 0.3) is 0 Å². The number of para-hydroxylation sites is 1. The van der Waals surface area contributed by atoms with Gasteiger partial charge in [-0.3, -0.25) is 4.79 Å². The van der Waals surface area contributed by atoms with Gasteiger partial charge in [-0.05, 0) is 49.6 Å². The smallest absolute Gasteiger partial charge is 0.243 e. The second kappa shape index (κ2) is 8.49. The predicted molar refractivity (Wildman–Crippen MR) is 110 cm³/mol. The summed E-state index contributed by atoms with van der Waals surface area (Å²) in [5.74, 6) is -0.767. The normalized spacial score (nSPS) is 15.0. The summed E-state index contributed by atoms with van der Waals surface area (Å²) in [6.45, 7) is 1.52. The summed E-state index contributed by atoms with van der Waals surface area (Å²) in [6, 6.07) is 10.8. The van der Waals surface area contributed by atoms with Gasteiger partial charge in [-0.1, -0.05) is 17.3 Å². The molecule has 1 saturated heterocycles. The van der Waals surface area contributed by atoms with Gasteiger partial charge in [0, 0.05) is 26.1 Å². The number of anilines is 1. The van der Waals surface area contributed by atoms with Crippen molar-refractivity contribution in [1.82, 2.24) is 19.3 Å². The minimum absolute atomic E-state index is 0.153. The third-order valence-electron chi connectivity index (χ3n) is 5.11. The summed E-state index contributed by atoms with van der Waals surface area (Å²) in [7, 11) is -3.51. The average molecular weight is 431 g/mol. The lowest BCUT2D eigenvalue weighted by Gasteiger charge is -2.15. The van der Waals surface area contributed by atoms with Crippen molar-refractivity contribution in [2.45, 2.75) is 37.1 Å². The number of halogens is 1. The van der Waals surface area contributed by atoms with Crippen LogP contribution in [0.4, 0.5) is 10.1 Å². The number of hydrogen-bond acceptors (Lipinski definition) is 5. The molecule has 0 radical (unpaired) electrons. The van der Waals surface area contributed by atoms with Gasteiger partial charge in [0.1, 0.15) is 11.3 Å². The Morgan fingerprint density at radius 3 is 2.67 bits per heavy atom. The topological polar surface area (TPSA) is 97.2 Å². The largest absolute Gasteiger partial charge is 0.324 e. The SMILES string of the molecule is O=C(CCCn1nnc2cc(S(=O)(=O)N3CCCC3)ccc21)Nc1ccccc1F. The summed E-state index contributed by atoms with van der Waals surface area (Å²) >= 11 is 0. The number of benzene rings is 2. The molecule has 0 atom stereocenters. The lowest BCUT2D eigenvalue weighted by Crippen LogP contribution is -2.27. The Kier molecular flexibility index (Phi) is 5.78. The number of rotatable bonds is 7. The third-order valence-corrected chi connectivity index (χ3v) is 7.00. The Morgan fingerprint density at radius 2 is 1.90 bits per heavy atom. The van der Waals surface area contributed by atoms with E-state index in [9.17, 15) is 17.6 Å². The number of carbonyl (C=O) groups excluding carboxylic acids is 1.